The van der Waals surface area contributed by atoms with Gasteiger partial charge in [0, 0.05) is 12.2 Å². The summed E-state index contributed by atoms with van der Waals surface area (Å²) >= 11 is 0. The van der Waals surface area contributed by atoms with Gasteiger partial charge in [-0.1, -0.05) is 17.7 Å². The zero-order valence-corrected chi connectivity index (χ0v) is 11.3. The highest BCUT2D eigenvalue weighted by Gasteiger charge is 2.32. The van der Waals surface area contributed by atoms with E-state index >= 15 is 0 Å². The van der Waals surface area contributed by atoms with Gasteiger partial charge in [-0.2, -0.15) is 18.3 Å². The molecular weight excluding hydrogens is 267 g/mol. The van der Waals surface area contributed by atoms with Crippen LogP contribution in [-0.4, -0.2) is 15.8 Å². The number of rotatable bonds is 3. The summed E-state index contributed by atoms with van der Waals surface area (Å²) in [5.74, 6) is 0. The molecule has 0 aliphatic carbocycles. The Balaban J connectivity index is 2.44. The van der Waals surface area contributed by atoms with Crippen molar-refractivity contribution in [2.75, 3.05) is 0 Å². The molecule has 1 atom stereocenters. The van der Waals surface area contributed by atoms with Gasteiger partial charge in [0.1, 0.15) is 0 Å². The van der Waals surface area contributed by atoms with Crippen molar-refractivity contribution in [2.24, 2.45) is 5.73 Å². The van der Waals surface area contributed by atoms with Crippen molar-refractivity contribution in [1.29, 1.82) is 0 Å². The molecule has 0 radical (unpaired) electrons. The Morgan fingerprint density at radius 1 is 1.35 bits per heavy atom. The first-order valence-corrected chi connectivity index (χ1v) is 6.24. The number of nitrogens with zero attached hydrogens (tertiary/aromatic N) is 2. The van der Waals surface area contributed by atoms with Crippen molar-refractivity contribution in [1.82, 2.24) is 9.78 Å². The first kappa shape index (κ1) is 14.6. The number of aromatic nitrogens is 2. The lowest BCUT2D eigenvalue weighted by Crippen LogP contribution is -2.19. The van der Waals surface area contributed by atoms with Crippen molar-refractivity contribution in [3.8, 4) is 5.69 Å². The first-order valence-electron chi connectivity index (χ1n) is 6.24. The first-order chi connectivity index (χ1) is 9.27. The number of halogens is 3. The van der Waals surface area contributed by atoms with Crippen LogP contribution in [0.25, 0.3) is 5.69 Å². The van der Waals surface area contributed by atoms with Gasteiger partial charge >= 0.3 is 6.18 Å². The van der Waals surface area contributed by atoms with E-state index in [1.54, 1.807) is 6.07 Å². The number of alkyl halides is 3. The van der Waals surface area contributed by atoms with Gasteiger partial charge in [0.2, 0.25) is 0 Å². The maximum absolute atomic E-state index is 12.6. The van der Waals surface area contributed by atoms with Crippen LogP contribution in [0.15, 0.2) is 30.6 Å². The van der Waals surface area contributed by atoms with Crippen LogP contribution < -0.4 is 5.73 Å². The minimum atomic E-state index is -4.38. The van der Waals surface area contributed by atoms with Gasteiger partial charge in [-0.05, 0) is 31.9 Å². The molecule has 2 N–H and O–H groups in total. The Morgan fingerprint density at radius 3 is 2.60 bits per heavy atom. The molecule has 0 aliphatic heterocycles. The van der Waals surface area contributed by atoms with E-state index in [1.807, 2.05) is 26.0 Å². The molecule has 0 saturated heterocycles. The van der Waals surface area contributed by atoms with Crippen LogP contribution in [0.1, 0.15) is 23.6 Å². The van der Waals surface area contributed by atoms with E-state index in [4.69, 9.17) is 5.73 Å². The molecule has 1 aromatic heterocycles. The fraction of sp³-hybridized carbons (Fsp3) is 0.357. The summed E-state index contributed by atoms with van der Waals surface area (Å²) in [6, 6.07) is 5.45. The maximum atomic E-state index is 12.6. The summed E-state index contributed by atoms with van der Waals surface area (Å²) in [5.41, 5.74) is 7.58. The number of hydrogen-bond donors (Lipinski definition) is 1. The van der Waals surface area contributed by atoms with Crippen LogP contribution >= 0.6 is 0 Å². The standard InChI is InChI=1S/C14H16F3N3/c1-9-3-4-13(11(5-9)6-10(2)18)20-8-12(7-19-20)14(15,16)17/h3-5,7-8,10H,6,18H2,1-2H3. The second-order valence-electron chi connectivity index (χ2n) is 4.98. The Morgan fingerprint density at radius 2 is 2.05 bits per heavy atom. The second-order valence-corrected chi connectivity index (χ2v) is 4.98. The normalized spacial score (nSPS) is 13.5. The predicted octanol–water partition coefficient (Wildman–Crippen LogP) is 3.09. The molecule has 0 saturated carbocycles. The molecule has 20 heavy (non-hydrogen) atoms. The second kappa shape index (κ2) is 5.28. The van der Waals surface area contributed by atoms with E-state index in [9.17, 15) is 13.2 Å². The number of nitrogens with two attached hydrogens (primary N) is 1. The largest absolute Gasteiger partial charge is 0.419 e. The molecule has 0 bridgehead atoms. The summed E-state index contributed by atoms with van der Waals surface area (Å²) < 4.78 is 39.1. The summed E-state index contributed by atoms with van der Waals surface area (Å²) in [6.07, 6.45) is -1.98. The van der Waals surface area contributed by atoms with E-state index < -0.39 is 11.7 Å². The summed E-state index contributed by atoms with van der Waals surface area (Å²) in [5, 5.41) is 3.81. The molecule has 0 fully saturated rings. The van der Waals surface area contributed by atoms with E-state index in [0.717, 1.165) is 23.5 Å². The Kier molecular flexibility index (Phi) is 3.85. The molecule has 0 amide bonds. The molecule has 6 heteroatoms. The monoisotopic (exact) mass is 283 g/mol. The molecule has 2 rings (SSSR count). The Hall–Kier alpha value is -1.82. The summed E-state index contributed by atoms with van der Waals surface area (Å²) in [7, 11) is 0. The van der Waals surface area contributed by atoms with E-state index in [2.05, 4.69) is 5.10 Å². The molecule has 2 aromatic rings. The van der Waals surface area contributed by atoms with Gasteiger partial charge in [0.05, 0.1) is 17.4 Å². The maximum Gasteiger partial charge on any atom is 0.419 e. The third kappa shape index (κ3) is 3.19. The highest BCUT2D eigenvalue weighted by molar-refractivity contribution is 5.43. The molecule has 0 aliphatic rings. The minimum absolute atomic E-state index is 0.0757. The smallest absolute Gasteiger partial charge is 0.328 e. The molecule has 1 heterocycles. The zero-order valence-electron chi connectivity index (χ0n) is 11.3. The van der Waals surface area contributed by atoms with Crippen LogP contribution in [-0.2, 0) is 12.6 Å². The average Bonchev–Trinajstić information content (AvgIpc) is 2.77. The van der Waals surface area contributed by atoms with Crippen molar-refractivity contribution < 1.29 is 13.2 Å². The fourth-order valence-electron chi connectivity index (χ4n) is 2.05. The van der Waals surface area contributed by atoms with Crippen molar-refractivity contribution >= 4 is 0 Å². The van der Waals surface area contributed by atoms with Gasteiger partial charge in [-0.3, -0.25) is 0 Å². The van der Waals surface area contributed by atoms with Crippen LogP contribution in [0.5, 0.6) is 0 Å². The average molecular weight is 283 g/mol. The van der Waals surface area contributed by atoms with Gasteiger partial charge < -0.3 is 5.73 Å². The minimum Gasteiger partial charge on any atom is -0.328 e. The third-order valence-corrected chi connectivity index (χ3v) is 2.93. The van der Waals surface area contributed by atoms with Gasteiger partial charge in [0.25, 0.3) is 0 Å². The zero-order chi connectivity index (χ0) is 14.9. The van der Waals surface area contributed by atoms with E-state index in [1.165, 1.54) is 4.68 Å². The molecule has 0 spiro atoms. The lowest BCUT2D eigenvalue weighted by Gasteiger charge is -2.12. The Labute approximate surface area is 115 Å². The van der Waals surface area contributed by atoms with Gasteiger partial charge in [0.15, 0.2) is 0 Å². The third-order valence-electron chi connectivity index (χ3n) is 2.93. The van der Waals surface area contributed by atoms with Crippen molar-refractivity contribution in [3.05, 3.63) is 47.3 Å². The highest BCUT2D eigenvalue weighted by Crippen LogP contribution is 2.29. The van der Waals surface area contributed by atoms with Crippen molar-refractivity contribution in [3.63, 3.8) is 0 Å². The topological polar surface area (TPSA) is 43.8 Å². The predicted molar refractivity (Wildman–Crippen MR) is 70.7 cm³/mol. The van der Waals surface area contributed by atoms with Crippen LogP contribution in [0.2, 0.25) is 0 Å². The van der Waals surface area contributed by atoms with Crippen LogP contribution in [0, 0.1) is 6.92 Å². The number of benzene rings is 1. The van der Waals surface area contributed by atoms with Gasteiger partial charge in [-0.15, -0.1) is 0 Å². The molecule has 3 nitrogen and oxygen atoms in total. The molecule has 108 valence electrons. The van der Waals surface area contributed by atoms with Crippen LogP contribution in [0.4, 0.5) is 13.2 Å². The van der Waals surface area contributed by atoms with Crippen LogP contribution in [0.3, 0.4) is 0 Å². The van der Waals surface area contributed by atoms with E-state index in [-0.39, 0.29) is 6.04 Å². The quantitative estimate of drug-likeness (QED) is 0.940. The van der Waals surface area contributed by atoms with E-state index in [0.29, 0.717) is 12.1 Å². The molecule has 1 aromatic carbocycles. The van der Waals surface area contributed by atoms with Crippen molar-refractivity contribution in [2.45, 2.75) is 32.5 Å². The number of hydrogen-bond acceptors (Lipinski definition) is 2. The summed E-state index contributed by atoms with van der Waals surface area (Å²) in [6.45, 7) is 3.79. The highest BCUT2D eigenvalue weighted by atomic mass is 19.4. The molecular formula is C14H16F3N3. The number of aryl methyl sites for hydroxylation is 1. The molecule has 1 unspecified atom stereocenters. The fourth-order valence-corrected chi connectivity index (χ4v) is 2.05. The lowest BCUT2D eigenvalue weighted by molar-refractivity contribution is -0.137. The Bertz CT molecular complexity index is 600. The SMILES string of the molecule is Cc1ccc(-n2cc(C(F)(F)F)cn2)c(CC(C)N)c1. The summed E-state index contributed by atoms with van der Waals surface area (Å²) in [4.78, 5) is 0. The van der Waals surface area contributed by atoms with Gasteiger partial charge in [-0.25, -0.2) is 4.68 Å². The lowest BCUT2D eigenvalue weighted by atomic mass is 10.0.